The summed E-state index contributed by atoms with van der Waals surface area (Å²) in [4.78, 5) is 15.0. The van der Waals surface area contributed by atoms with Crippen molar-refractivity contribution >= 4 is 22.9 Å². The first-order chi connectivity index (χ1) is 15.6. The molecule has 1 amide bonds. The third-order valence-corrected chi connectivity index (χ3v) is 6.91. The molecule has 1 fully saturated rings. The summed E-state index contributed by atoms with van der Waals surface area (Å²) in [6.45, 7) is 2.24. The first-order valence-corrected chi connectivity index (χ1v) is 11.6. The average molecular weight is 437 g/mol. The molecule has 5 rings (SSSR count). The van der Waals surface area contributed by atoms with E-state index in [2.05, 4.69) is 22.3 Å². The normalized spacial score (nSPS) is 20.3. The Morgan fingerprint density at radius 2 is 1.91 bits per heavy atom. The van der Waals surface area contributed by atoms with Gasteiger partial charge in [0.05, 0.1) is 12.2 Å². The second-order valence-corrected chi connectivity index (χ2v) is 8.93. The van der Waals surface area contributed by atoms with Gasteiger partial charge in [0.1, 0.15) is 18.2 Å². The molecule has 32 heavy (non-hydrogen) atoms. The quantitative estimate of drug-likeness (QED) is 0.661. The molecule has 0 radical (unpaired) electrons. The van der Waals surface area contributed by atoms with Gasteiger partial charge in [0, 0.05) is 41.5 Å². The maximum atomic E-state index is 13.8. The largest absolute Gasteiger partial charge is 0.487 e. The number of nitrogens with one attached hydrogen (secondary N) is 1. The van der Waals surface area contributed by atoms with Crippen molar-refractivity contribution in [1.82, 2.24) is 4.90 Å². The summed E-state index contributed by atoms with van der Waals surface area (Å²) in [7, 11) is 0. The highest BCUT2D eigenvalue weighted by Crippen LogP contribution is 2.42. The number of fused-ring (bicyclic) bond motifs is 2. The van der Waals surface area contributed by atoms with Crippen LogP contribution in [0.1, 0.15) is 54.4 Å². The predicted octanol–water partition coefficient (Wildman–Crippen LogP) is 4.35. The molecule has 2 N–H and O–H groups in total. The van der Waals surface area contributed by atoms with Crippen molar-refractivity contribution in [2.45, 2.75) is 51.2 Å². The topological polar surface area (TPSA) is 61.8 Å². The standard InChI is InChI=1S/C26H29FN2O3/c27-19-7-9-23-22(15-19)24(26(31)28-23)25-21-8-6-17(14-18(21)16-32-25)10-11-29(12-13-30)20-4-2-1-3-5-20/h6-9,14-15,20,30H,1-5,10-13,16H2,(H,28,31). The van der Waals surface area contributed by atoms with E-state index in [0.717, 1.165) is 30.6 Å². The monoisotopic (exact) mass is 436 g/mol. The lowest BCUT2D eigenvalue weighted by molar-refractivity contribution is -0.110. The lowest BCUT2D eigenvalue weighted by atomic mass is 9.93. The summed E-state index contributed by atoms with van der Waals surface area (Å²) in [6, 6.07) is 11.1. The van der Waals surface area contributed by atoms with Crippen LogP contribution < -0.4 is 5.32 Å². The molecule has 2 aromatic rings. The molecular weight excluding hydrogens is 407 g/mol. The summed E-state index contributed by atoms with van der Waals surface area (Å²) in [5, 5.41) is 12.3. The van der Waals surface area contributed by atoms with E-state index in [9.17, 15) is 14.3 Å². The van der Waals surface area contributed by atoms with Crippen LogP contribution in [0.3, 0.4) is 0 Å². The molecule has 0 aromatic heterocycles. The fourth-order valence-corrected chi connectivity index (χ4v) is 5.27. The second-order valence-electron chi connectivity index (χ2n) is 8.93. The Morgan fingerprint density at radius 1 is 1.06 bits per heavy atom. The van der Waals surface area contributed by atoms with Crippen LogP contribution in [0.5, 0.6) is 0 Å². The van der Waals surface area contributed by atoms with Gasteiger partial charge in [-0.05, 0) is 43.0 Å². The number of aliphatic hydroxyl groups is 1. The Kier molecular flexibility index (Phi) is 5.98. The fraction of sp³-hybridized carbons (Fsp3) is 0.423. The number of benzene rings is 2. The Labute approximate surface area is 187 Å². The summed E-state index contributed by atoms with van der Waals surface area (Å²) >= 11 is 0. The van der Waals surface area contributed by atoms with Crippen molar-refractivity contribution in [3.63, 3.8) is 0 Å². The number of hydrogen-bond donors (Lipinski definition) is 2. The van der Waals surface area contributed by atoms with Crippen molar-refractivity contribution in [2.75, 3.05) is 25.0 Å². The van der Waals surface area contributed by atoms with Crippen LogP contribution in [0.2, 0.25) is 0 Å². The van der Waals surface area contributed by atoms with E-state index < -0.39 is 0 Å². The number of hydrogen-bond acceptors (Lipinski definition) is 4. The van der Waals surface area contributed by atoms with Crippen LogP contribution in [-0.4, -0.2) is 41.7 Å². The van der Waals surface area contributed by atoms with Gasteiger partial charge in [0.25, 0.3) is 5.91 Å². The van der Waals surface area contributed by atoms with Gasteiger partial charge in [-0.1, -0.05) is 37.5 Å². The van der Waals surface area contributed by atoms with Crippen LogP contribution in [0, 0.1) is 5.82 Å². The minimum atomic E-state index is -0.377. The van der Waals surface area contributed by atoms with Crippen LogP contribution in [0.25, 0.3) is 11.3 Å². The molecule has 0 bridgehead atoms. The summed E-state index contributed by atoms with van der Waals surface area (Å²) < 4.78 is 19.8. The lowest BCUT2D eigenvalue weighted by Crippen LogP contribution is -2.40. The molecule has 6 heteroatoms. The van der Waals surface area contributed by atoms with E-state index in [4.69, 9.17) is 4.74 Å². The Hall–Kier alpha value is -2.70. The summed E-state index contributed by atoms with van der Waals surface area (Å²) in [6.07, 6.45) is 7.23. The van der Waals surface area contributed by atoms with Crippen LogP contribution in [-0.2, 0) is 22.6 Å². The Morgan fingerprint density at radius 3 is 2.72 bits per heavy atom. The minimum absolute atomic E-state index is 0.190. The summed E-state index contributed by atoms with van der Waals surface area (Å²) in [5.41, 5.74) is 4.73. The highest BCUT2D eigenvalue weighted by atomic mass is 19.1. The van der Waals surface area contributed by atoms with Gasteiger partial charge in [-0.15, -0.1) is 0 Å². The van der Waals surface area contributed by atoms with Crippen molar-refractivity contribution in [3.8, 4) is 0 Å². The SMILES string of the molecule is O=C1Nc2ccc(F)cc2C1=C1OCc2cc(CCN(CCO)C3CCCCC3)ccc21. The van der Waals surface area contributed by atoms with E-state index in [0.29, 0.717) is 35.2 Å². The van der Waals surface area contributed by atoms with Crippen LogP contribution >= 0.6 is 0 Å². The van der Waals surface area contributed by atoms with Crippen LogP contribution in [0.4, 0.5) is 10.1 Å². The van der Waals surface area contributed by atoms with E-state index >= 15 is 0 Å². The van der Waals surface area contributed by atoms with Gasteiger partial charge in [-0.25, -0.2) is 4.39 Å². The number of nitrogens with zero attached hydrogens (tertiary/aromatic N) is 1. The fourth-order valence-electron chi connectivity index (χ4n) is 5.27. The zero-order valence-electron chi connectivity index (χ0n) is 18.2. The maximum absolute atomic E-state index is 13.8. The highest BCUT2D eigenvalue weighted by molar-refractivity contribution is 6.36. The van der Waals surface area contributed by atoms with Crippen molar-refractivity contribution < 1.29 is 19.0 Å². The summed E-state index contributed by atoms with van der Waals surface area (Å²) in [5.74, 6) is -0.112. The minimum Gasteiger partial charge on any atom is -0.487 e. The molecule has 2 heterocycles. The van der Waals surface area contributed by atoms with E-state index in [-0.39, 0.29) is 18.3 Å². The molecule has 0 unspecified atom stereocenters. The molecule has 1 aliphatic carbocycles. The van der Waals surface area contributed by atoms with Gasteiger partial charge in [-0.2, -0.15) is 0 Å². The molecule has 1 saturated carbocycles. The molecule has 5 nitrogen and oxygen atoms in total. The first-order valence-electron chi connectivity index (χ1n) is 11.6. The molecule has 2 aliphatic heterocycles. The Balaban J connectivity index is 1.36. The number of ether oxygens (including phenoxy) is 1. The second kappa shape index (κ2) is 9.04. The number of carbonyl (C=O) groups excluding carboxylic acids is 1. The van der Waals surface area contributed by atoms with Gasteiger partial charge in [-0.3, -0.25) is 9.69 Å². The van der Waals surface area contributed by atoms with Gasteiger partial charge in [0.15, 0.2) is 0 Å². The van der Waals surface area contributed by atoms with E-state index in [1.807, 2.05) is 6.07 Å². The smallest absolute Gasteiger partial charge is 0.260 e. The number of rotatable bonds is 6. The van der Waals surface area contributed by atoms with Crippen molar-refractivity contribution in [1.29, 1.82) is 0 Å². The van der Waals surface area contributed by atoms with E-state index in [1.54, 1.807) is 6.07 Å². The zero-order chi connectivity index (χ0) is 22.1. The molecule has 0 spiro atoms. The number of aliphatic hydroxyl groups excluding tert-OH is 1. The number of halogens is 1. The average Bonchev–Trinajstić information content (AvgIpc) is 3.36. The first kappa shape index (κ1) is 21.2. The molecule has 3 aliphatic rings. The number of anilines is 1. The molecular formula is C26H29FN2O3. The van der Waals surface area contributed by atoms with Crippen molar-refractivity contribution in [3.05, 3.63) is 64.5 Å². The van der Waals surface area contributed by atoms with Crippen LogP contribution in [0.15, 0.2) is 36.4 Å². The molecule has 168 valence electrons. The number of carbonyl (C=O) groups is 1. The van der Waals surface area contributed by atoms with Gasteiger partial charge >= 0.3 is 0 Å². The van der Waals surface area contributed by atoms with Gasteiger partial charge in [0.2, 0.25) is 0 Å². The molecule has 0 saturated heterocycles. The van der Waals surface area contributed by atoms with Crippen molar-refractivity contribution in [2.24, 2.45) is 0 Å². The molecule has 0 atom stereocenters. The third-order valence-electron chi connectivity index (χ3n) is 6.91. The predicted molar refractivity (Wildman–Crippen MR) is 122 cm³/mol. The molecule has 2 aromatic carbocycles. The highest BCUT2D eigenvalue weighted by Gasteiger charge is 2.33. The number of amides is 1. The Bertz CT molecular complexity index is 1060. The third kappa shape index (κ3) is 4.05. The van der Waals surface area contributed by atoms with E-state index in [1.165, 1.54) is 49.8 Å². The maximum Gasteiger partial charge on any atom is 0.260 e. The van der Waals surface area contributed by atoms with Gasteiger partial charge < -0.3 is 15.2 Å². The zero-order valence-corrected chi connectivity index (χ0v) is 18.2. The lowest BCUT2D eigenvalue weighted by Gasteiger charge is -2.34.